The van der Waals surface area contributed by atoms with E-state index in [4.69, 9.17) is 19.3 Å². The second kappa shape index (κ2) is 26.9. The molecule has 11 nitrogen and oxygen atoms in total. The third kappa shape index (κ3) is 22.7. The van der Waals surface area contributed by atoms with E-state index >= 15 is 0 Å². The molecule has 0 heterocycles. The van der Waals surface area contributed by atoms with Gasteiger partial charge in [0.15, 0.2) is 6.10 Å². The molecule has 1 rings (SSSR count). The Bertz CT molecular complexity index is 992. The first kappa shape index (κ1) is 44.1. The molecule has 0 amide bonds. The molecule has 0 spiro atoms. The lowest BCUT2D eigenvalue weighted by Crippen LogP contribution is -2.29. The molecule has 278 valence electrons. The van der Waals surface area contributed by atoms with Crippen molar-refractivity contribution in [2.75, 3.05) is 13.2 Å². The Morgan fingerprint density at radius 2 is 1.46 bits per heavy atom. The fourth-order valence-electron chi connectivity index (χ4n) is 5.76. The largest absolute Gasteiger partial charge is 0.469 e. The van der Waals surface area contributed by atoms with Gasteiger partial charge in [0.1, 0.15) is 12.4 Å². The van der Waals surface area contributed by atoms with E-state index in [0.29, 0.717) is 32.1 Å². The Labute approximate surface area is 288 Å². The number of rotatable bonds is 29. The molecule has 48 heavy (non-hydrogen) atoms. The molecule has 1 aliphatic rings. The predicted molar refractivity (Wildman–Crippen MR) is 185 cm³/mol. The predicted octanol–water partition coefficient (Wildman–Crippen LogP) is 7.04. The number of allylic oxidation sites excluding steroid dienone is 3. The Morgan fingerprint density at radius 1 is 0.854 bits per heavy atom. The first-order valence-electron chi connectivity index (χ1n) is 18.2. The van der Waals surface area contributed by atoms with Crippen molar-refractivity contribution in [3.05, 3.63) is 24.3 Å². The average molecular weight is 703 g/mol. The van der Waals surface area contributed by atoms with Gasteiger partial charge in [0.05, 0.1) is 18.8 Å². The fourth-order valence-corrected chi connectivity index (χ4v) is 6.13. The van der Waals surface area contributed by atoms with Gasteiger partial charge in [-0.1, -0.05) is 115 Å². The zero-order valence-corrected chi connectivity index (χ0v) is 30.2. The summed E-state index contributed by atoms with van der Waals surface area (Å²) < 4.78 is 26.2. The first-order valence-corrected chi connectivity index (χ1v) is 19.8. The number of hydrogen-bond acceptors (Lipinski definition) is 9. The van der Waals surface area contributed by atoms with E-state index in [-0.39, 0.29) is 37.6 Å². The Hall–Kier alpha value is -1.88. The number of carbonyl (C=O) groups is 3. The minimum Gasteiger partial charge on any atom is -0.462 e. The fraction of sp³-hybridized carbons (Fsp3) is 0.806. The Balaban J connectivity index is 2.39. The maximum absolute atomic E-state index is 12.4. The molecule has 0 aromatic heterocycles. The number of esters is 2. The Kier molecular flexibility index (Phi) is 24.8. The van der Waals surface area contributed by atoms with Gasteiger partial charge in [-0.2, -0.15) is 0 Å². The van der Waals surface area contributed by atoms with Crippen LogP contribution in [0.15, 0.2) is 24.3 Å². The number of unbranched alkanes of at least 4 members (excludes halogenated alkanes) is 12. The van der Waals surface area contributed by atoms with Crippen molar-refractivity contribution in [2.45, 2.75) is 161 Å². The van der Waals surface area contributed by atoms with Crippen LogP contribution in [-0.4, -0.2) is 69.2 Å². The summed E-state index contributed by atoms with van der Waals surface area (Å²) in [6.45, 7) is 3.31. The molecule has 0 bridgehead atoms. The summed E-state index contributed by atoms with van der Waals surface area (Å²) in [5, 5.41) is 20.6. The van der Waals surface area contributed by atoms with Gasteiger partial charge in [-0.25, -0.2) is 4.57 Å². The third-order valence-corrected chi connectivity index (χ3v) is 9.09. The van der Waals surface area contributed by atoms with E-state index in [1.807, 2.05) is 12.2 Å². The number of aliphatic hydroxyl groups excluding tert-OH is 2. The van der Waals surface area contributed by atoms with Crippen molar-refractivity contribution < 1.29 is 52.9 Å². The second-order valence-electron chi connectivity index (χ2n) is 13.0. The highest BCUT2D eigenvalue weighted by molar-refractivity contribution is 7.46. The number of ether oxygens (including phenoxy) is 2. The standard InChI is InChI=1S/C36H63O11P/c1-3-5-7-8-9-10-11-12-13-18-22-35(40)45-27-30(28-46-48(42,43)44)47-36(41)23-19-15-14-17-21-31-32(34(39)26-33(31)38)25-24-29(37)20-16-6-4-2/h14,17,24-25,29-33,37-38H,3-13,15-16,18-23,26-28H2,1-2H3,(H2,42,43,44)/b17-14-,25-24+/t29-,30+,31+,32+,33-/m0/s1. The highest BCUT2D eigenvalue weighted by Crippen LogP contribution is 2.36. The maximum atomic E-state index is 12.4. The summed E-state index contributed by atoms with van der Waals surface area (Å²) in [7, 11) is -4.82. The van der Waals surface area contributed by atoms with Gasteiger partial charge in [-0.3, -0.25) is 18.9 Å². The van der Waals surface area contributed by atoms with Gasteiger partial charge in [-0.05, 0) is 32.1 Å². The van der Waals surface area contributed by atoms with Crippen molar-refractivity contribution in [1.29, 1.82) is 0 Å². The van der Waals surface area contributed by atoms with Gasteiger partial charge < -0.3 is 29.5 Å². The number of hydrogen-bond donors (Lipinski definition) is 4. The van der Waals surface area contributed by atoms with E-state index in [0.717, 1.165) is 38.5 Å². The number of Topliss-reactive ketones (excluding diaryl/α,β-unsaturated/α-hetero) is 1. The van der Waals surface area contributed by atoms with Gasteiger partial charge in [-0.15, -0.1) is 0 Å². The minimum atomic E-state index is -4.82. The number of phosphoric ester groups is 1. The molecular formula is C36H63O11P. The van der Waals surface area contributed by atoms with Crippen molar-refractivity contribution in [2.24, 2.45) is 11.8 Å². The maximum Gasteiger partial charge on any atom is 0.469 e. The quantitative estimate of drug-likeness (QED) is 0.0272. The summed E-state index contributed by atoms with van der Waals surface area (Å²) in [6, 6.07) is 0. The highest BCUT2D eigenvalue weighted by atomic mass is 31.2. The van der Waals surface area contributed by atoms with Crippen LogP contribution in [0.2, 0.25) is 0 Å². The van der Waals surface area contributed by atoms with E-state index in [9.17, 15) is 29.2 Å². The third-order valence-electron chi connectivity index (χ3n) is 8.60. The first-order chi connectivity index (χ1) is 23.0. The van der Waals surface area contributed by atoms with Crippen LogP contribution in [0.1, 0.15) is 142 Å². The lowest BCUT2D eigenvalue weighted by molar-refractivity contribution is -0.161. The van der Waals surface area contributed by atoms with Crippen LogP contribution in [0.4, 0.5) is 0 Å². The Morgan fingerprint density at radius 3 is 2.10 bits per heavy atom. The molecule has 4 N–H and O–H groups in total. The molecule has 0 saturated heterocycles. The van der Waals surface area contributed by atoms with E-state index in [1.54, 1.807) is 12.2 Å². The van der Waals surface area contributed by atoms with Crippen molar-refractivity contribution in [1.82, 2.24) is 0 Å². The normalized spacial score (nSPS) is 19.7. The smallest absolute Gasteiger partial charge is 0.462 e. The van der Waals surface area contributed by atoms with Crippen LogP contribution in [0, 0.1) is 11.8 Å². The average Bonchev–Trinajstić information content (AvgIpc) is 3.30. The number of aliphatic hydroxyl groups is 2. The van der Waals surface area contributed by atoms with Crippen LogP contribution in [0.3, 0.4) is 0 Å². The number of ketones is 1. The van der Waals surface area contributed by atoms with Crippen molar-refractivity contribution in [3.8, 4) is 0 Å². The molecule has 0 radical (unpaired) electrons. The van der Waals surface area contributed by atoms with Gasteiger partial charge in [0.25, 0.3) is 0 Å². The van der Waals surface area contributed by atoms with Gasteiger partial charge in [0, 0.05) is 31.1 Å². The highest BCUT2D eigenvalue weighted by Gasteiger charge is 2.39. The molecule has 1 saturated carbocycles. The summed E-state index contributed by atoms with van der Waals surface area (Å²) in [5.41, 5.74) is 0. The number of phosphoric acid groups is 1. The SMILES string of the molecule is CCCCCCCCCCCCC(=O)OC[C@H](COP(=O)(O)O)OC(=O)CCC/C=C\C[C@H]1[C@@H](O)CC(=O)[C@@H]1/C=C/[C@@H](O)CCCCC. The minimum absolute atomic E-state index is 0.0229. The lowest BCUT2D eigenvalue weighted by Gasteiger charge is -2.18. The summed E-state index contributed by atoms with van der Waals surface area (Å²) >= 11 is 0. The van der Waals surface area contributed by atoms with Crippen LogP contribution in [0.25, 0.3) is 0 Å². The molecule has 1 fully saturated rings. The van der Waals surface area contributed by atoms with Gasteiger partial charge >= 0.3 is 19.8 Å². The number of carbonyl (C=O) groups excluding carboxylic acids is 3. The van der Waals surface area contributed by atoms with E-state index in [1.165, 1.54) is 38.5 Å². The molecule has 0 aliphatic heterocycles. The van der Waals surface area contributed by atoms with Crippen LogP contribution >= 0.6 is 7.82 Å². The zero-order valence-electron chi connectivity index (χ0n) is 29.3. The molecule has 5 atom stereocenters. The summed E-state index contributed by atoms with van der Waals surface area (Å²) in [5.74, 6) is -1.85. The summed E-state index contributed by atoms with van der Waals surface area (Å²) in [4.78, 5) is 55.2. The van der Waals surface area contributed by atoms with E-state index < -0.39 is 50.6 Å². The van der Waals surface area contributed by atoms with E-state index in [2.05, 4.69) is 18.4 Å². The molecular weight excluding hydrogens is 639 g/mol. The molecule has 1 aliphatic carbocycles. The monoisotopic (exact) mass is 702 g/mol. The van der Waals surface area contributed by atoms with Crippen LogP contribution < -0.4 is 0 Å². The molecule has 0 aromatic rings. The molecule has 0 aromatic carbocycles. The van der Waals surface area contributed by atoms with Crippen LogP contribution in [0.5, 0.6) is 0 Å². The topological polar surface area (TPSA) is 177 Å². The summed E-state index contributed by atoms with van der Waals surface area (Å²) in [6.07, 6.45) is 21.4. The second-order valence-corrected chi connectivity index (χ2v) is 14.2. The van der Waals surface area contributed by atoms with Crippen LogP contribution in [-0.2, 0) is 32.9 Å². The van der Waals surface area contributed by atoms with Crippen molar-refractivity contribution in [3.63, 3.8) is 0 Å². The van der Waals surface area contributed by atoms with Crippen molar-refractivity contribution >= 4 is 25.5 Å². The van der Waals surface area contributed by atoms with Gasteiger partial charge in [0.2, 0.25) is 0 Å². The molecule has 0 unspecified atom stereocenters. The lowest BCUT2D eigenvalue weighted by atomic mass is 9.90. The zero-order chi connectivity index (χ0) is 35.6. The molecule has 12 heteroatoms.